The number of para-hydroxylation sites is 2. The highest BCUT2D eigenvalue weighted by atomic mass is 16.2. The summed E-state index contributed by atoms with van der Waals surface area (Å²) in [5, 5.41) is 6.59. The van der Waals surface area contributed by atoms with Crippen molar-refractivity contribution >= 4 is 34.0 Å². The van der Waals surface area contributed by atoms with E-state index < -0.39 is 5.91 Å². The van der Waals surface area contributed by atoms with Crippen molar-refractivity contribution in [3.63, 3.8) is 0 Å². The molecule has 0 radical (unpaired) electrons. The van der Waals surface area contributed by atoms with Crippen molar-refractivity contribution in [2.24, 2.45) is 0 Å². The van der Waals surface area contributed by atoms with Crippen LogP contribution in [-0.2, 0) is 22.7 Å². The van der Waals surface area contributed by atoms with Crippen LogP contribution >= 0.6 is 0 Å². The number of nitrogens with one attached hydrogen (secondary N) is 2. The molecule has 1 aliphatic heterocycles. The van der Waals surface area contributed by atoms with Crippen LogP contribution in [0.1, 0.15) is 24.5 Å². The van der Waals surface area contributed by atoms with Crippen LogP contribution in [-0.4, -0.2) is 34.4 Å². The molecule has 0 saturated heterocycles. The zero-order chi connectivity index (χ0) is 24.9. The van der Waals surface area contributed by atoms with Gasteiger partial charge >= 0.3 is 0 Å². The number of aryl methyl sites for hydroxylation is 1. The molecule has 1 aromatic heterocycles. The van der Waals surface area contributed by atoms with E-state index in [4.69, 9.17) is 0 Å². The van der Waals surface area contributed by atoms with Gasteiger partial charge in [-0.25, -0.2) is 0 Å². The Labute approximate surface area is 211 Å². The molecule has 4 aromatic rings. The summed E-state index contributed by atoms with van der Waals surface area (Å²) >= 11 is 0. The molecule has 0 fully saturated rings. The molecule has 0 saturated carbocycles. The fourth-order valence-electron chi connectivity index (χ4n) is 4.78. The molecule has 2 N–H and O–H groups in total. The summed E-state index contributed by atoms with van der Waals surface area (Å²) in [6.07, 6.45) is 2.98. The van der Waals surface area contributed by atoms with Crippen LogP contribution in [0, 0.1) is 0 Å². The third-order valence-electron chi connectivity index (χ3n) is 6.60. The van der Waals surface area contributed by atoms with Gasteiger partial charge in [-0.1, -0.05) is 73.7 Å². The van der Waals surface area contributed by atoms with Gasteiger partial charge in [-0.15, -0.1) is 0 Å². The Balaban J connectivity index is 1.40. The first kappa shape index (κ1) is 23.6. The molecule has 0 spiro atoms. The van der Waals surface area contributed by atoms with E-state index in [0.717, 1.165) is 54.8 Å². The van der Waals surface area contributed by atoms with Gasteiger partial charge in [-0.3, -0.25) is 19.8 Å². The molecule has 182 valence electrons. The van der Waals surface area contributed by atoms with E-state index in [-0.39, 0.29) is 11.6 Å². The van der Waals surface area contributed by atoms with E-state index in [0.29, 0.717) is 5.57 Å². The monoisotopic (exact) mass is 478 g/mol. The first-order chi connectivity index (χ1) is 17.6. The Kier molecular flexibility index (Phi) is 6.96. The fraction of sp³-hybridized carbons (Fsp3) is 0.200. The van der Waals surface area contributed by atoms with Crippen molar-refractivity contribution < 1.29 is 9.59 Å². The van der Waals surface area contributed by atoms with E-state index in [1.54, 1.807) is 0 Å². The Morgan fingerprint density at radius 1 is 0.861 bits per heavy atom. The fourth-order valence-corrected chi connectivity index (χ4v) is 4.78. The molecule has 1 aliphatic rings. The average molecular weight is 479 g/mol. The molecule has 2 heterocycles. The lowest BCUT2D eigenvalue weighted by Gasteiger charge is -2.20. The van der Waals surface area contributed by atoms with Crippen LogP contribution in [0.3, 0.4) is 0 Å². The van der Waals surface area contributed by atoms with E-state index in [2.05, 4.69) is 57.4 Å². The highest BCUT2D eigenvalue weighted by Gasteiger charge is 2.33. The number of nitrogens with zero attached hydrogens (tertiary/aromatic N) is 2. The van der Waals surface area contributed by atoms with Gasteiger partial charge in [0.25, 0.3) is 11.8 Å². The first-order valence-electron chi connectivity index (χ1n) is 12.4. The number of carbonyl (C=O) groups excluding carboxylic acids is 2. The van der Waals surface area contributed by atoms with Gasteiger partial charge in [0, 0.05) is 48.0 Å². The minimum absolute atomic E-state index is 0.286. The number of aromatic nitrogens is 1. The second-order valence-electron chi connectivity index (χ2n) is 8.99. The van der Waals surface area contributed by atoms with Gasteiger partial charge < -0.3 is 9.88 Å². The quantitative estimate of drug-likeness (QED) is 0.314. The molecule has 0 aliphatic carbocycles. The van der Waals surface area contributed by atoms with Crippen LogP contribution < -0.4 is 10.6 Å². The van der Waals surface area contributed by atoms with Gasteiger partial charge in [-0.2, -0.15) is 0 Å². The van der Waals surface area contributed by atoms with Gasteiger partial charge in [0.2, 0.25) is 0 Å². The maximum Gasteiger partial charge on any atom is 0.275 e. The normalized spacial score (nSPS) is 13.6. The summed E-state index contributed by atoms with van der Waals surface area (Å²) in [7, 11) is 0. The molecule has 0 unspecified atom stereocenters. The number of amides is 2. The number of imide groups is 1. The maximum atomic E-state index is 12.9. The molecule has 5 rings (SSSR count). The molecular weight excluding hydrogens is 448 g/mol. The van der Waals surface area contributed by atoms with E-state index in [1.807, 2.05) is 60.8 Å². The Bertz CT molecular complexity index is 1410. The molecule has 2 amide bonds. The summed E-state index contributed by atoms with van der Waals surface area (Å²) < 4.78 is 2.20. The molecule has 6 heteroatoms. The van der Waals surface area contributed by atoms with E-state index in [1.165, 1.54) is 5.56 Å². The number of fused-ring (bicyclic) bond motifs is 1. The van der Waals surface area contributed by atoms with Crippen molar-refractivity contribution in [3.05, 3.63) is 108 Å². The van der Waals surface area contributed by atoms with Crippen molar-refractivity contribution in [2.45, 2.75) is 26.4 Å². The minimum atomic E-state index is -0.407. The minimum Gasteiger partial charge on any atom is -0.350 e. The summed E-state index contributed by atoms with van der Waals surface area (Å²) in [6.45, 7) is 5.89. The van der Waals surface area contributed by atoms with Crippen molar-refractivity contribution in [1.82, 2.24) is 14.8 Å². The topological polar surface area (TPSA) is 66.4 Å². The number of hydrogen-bond acceptors (Lipinski definition) is 4. The lowest BCUT2D eigenvalue weighted by molar-refractivity contribution is -0.123. The van der Waals surface area contributed by atoms with Crippen molar-refractivity contribution in [3.8, 4) is 0 Å². The van der Waals surface area contributed by atoms with Gasteiger partial charge in [0.1, 0.15) is 5.70 Å². The lowest BCUT2D eigenvalue weighted by Crippen LogP contribution is -2.24. The van der Waals surface area contributed by atoms with Gasteiger partial charge in [0.15, 0.2) is 0 Å². The molecule has 6 nitrogen and oxygen atoms in total. The number of rotatable bonds is 10. The Morgan fingerprint density at radius 3 is 2.31 bits per heavy atom. The number of benzene rings is 3. The first-order valence-corrected chi connectivity index (χ1v) is 12.4. The molecule has 36 heavy (non-hydrogen) atoms. The molecule has 0 bridgehead atoms. The number of hydrogen-bond donors (Lipinski definition) is 2. The smallest absolute Gasteiger partial charge is 0.275 e. The van der Waals surface area contributed by atoms with Crippen LogP contribution in [0.2, 0.25) is 0 Å². The summed E-state index contributed by atoms with van der Waals surface area (Å²) in [5.74, 6) is -0.781. The SMILES string of the molecule is CCN(CCCn1cc(C2=C(Nc3ccccc3)C(=O)NC2=O)c2ccccc21)Cc1ccccc1. The van der Waals surface area contributed by atoms with Crippen LogP contribution in [0.5, 0.6) is 0 Å². The second-order valence-corrected chi connectivity index (χ2v) is 8.99. The summed E-state index contributed by atoms with van der Waals surface area (Å²) in [4.78, 5) is 28.0. The van der Waals surface area contributed by atoms with Gasteiger partial charge in [0.05, 0.1) is 5.57 Å². The predicted octanol–water partition coefficient (Wildman–Crippen LogP) is 5.03. The van der Waals surface area contributed by atoms with Crippen LogP contribution in [0.15, 0.2) is 96.8 Å². The van der Waals surface area contributed by atoms with Gasteiger partial charge in [-0.05, 0) is 36.7 Å². The highest BCUT2D eigenvalue weighted by Crippen LogP contribution is 2.32. The zero-order valence-electron chi connectivity index (χ0n) is 20.4. The molecule has 0 atom stereocenters. The maximum absolute atomic E-state index is 12.9. The molecular formula is C30H30N4O2. The Hall–Kier alpha value is -4.16. The number of carbonyl (C=O) groups is 2. The number of anilines is 1. The van der Waals surface area contributed by atoms with Crippen LogP contribution in [0.25, 0.3) is 16.5 Å². The largest absolute Gasteiger partial charge is 0.350 e. The van der Waals surface area contributed by atoms with E-state index >= 15 is 0 Å². The summed E-state index contributed by atoms with van der Waals surface area (Å²) in [5.41, 5.74) is 4.57. The second kappa shape index (κ2) is 10.6. The van der Waals surface area contributed by atoms with E-state index in [9.17, 15) is 9.59 Å². The summed E-state index contributed by atoms with van der Waals surface area (Å²) in [6, 6.07) is 28.0. The van der Waals surface area contributed by atoms with Crippen molar-refractivity contribution in [2.75, 3.05) is 18.4 Å². The third-order valence-corrected chi connectivity index (χ3v) is 6.60. The standard InChI is InChI=1S/C30H30N4O2/c1-2-33(20-22-12-5-3-6-13-22)18-11-19-34-21-25(24-16-9-10-17-26(24)34)27-28(30(36)32-29(27)35)31-23-14-7-4-8-15-23/h3-10,12-17,21H,2,11,18-20H2,1H3,(H2,31,32,35,36). The van der Waals surface area contributed by atoms with Crippen LogP contribution in [0.4, 0.5) is 5.69 Å². The zero-order valence-corrected chi connectivity index (χ0v) is 20.4. The third kappa shape index (κ3) is 4.95. The lowest BCUT2D eigenvalue weighted by atomic mass is 10.0. The van der Waals surface area contributed by atoms with Crippen molar-refractivity contribution in [1.29, 1.82) is 0 Å². The Morgan fingerprint density at radius 2 is 1.56 bits per heavy atom. The predicted molar refractivity (Wildman–Crippen MR) is 144 cm³/mol. The average Bonchev–Trinajstić information content (AvgIpc) is 3.40. The molecule has 3 aromatic carbocycles. The highest BCUT2D eigenvalue weighted by molar-refractivity contribution is 6.38.